The van der Waals surface area contributed by atoms with E-state index in [4.69, 9.17) is 27.9 Å². The highest BCUT2D eigenvalue weighted by Crippen LogP contribution is 2.28. The van der Waals surface area contributed by atoms with Crippen molar-refractivity contribution in [2.24, 2.45) is 0 Å². The third-order valence-corrected chi connectivity index (χ3v) is 4.02. The Labute approximate surface area is 131 Å². The molecule has 4 heteroatoms. The predicted molar refractivity (Wildman–Crippen MR) is 84.2 cm³/mol. The first-order valence-electron chi connectivity index (χ1n) is 5.82. The van der Waals surface area contributed by atoms with Gasteiger partial charge in [0, 0.05) is 16.5 Å². The maximum atomic E-state index is 6.17. The summed E-state index contributed by atoms with van der Waals surface area (Å²) in [5.41, 5.74) is 3.16. The monoisotopic (exact) mass is 358 g/mol. The summed E-state index contributed by atoms with van der Waals surface area (Å²) >= 11 is 15.4. The van der Waals surface area contributed by atoms with Crippen molar-refractivity contribution in [3.63, 3.8) is 0 Å². The number of benzene rings is 2. The topological polar surface area (TPSA) is 9.23 Å². The lowest BCUT2D eigenvalue weighted by molar-refractivity contribution is 0.304. The number of halogens is 3. The smallest absolute Gasteiger partial charge is 0.134 e. The van der Waals surface area contributed by atoms with Crippen molar-refractivity contribution in [3.05, 3.63) is 62.6 Å². The highest BCUT2D eigenvalue weighted by Gasteiger charge is 2.05. The van der Waals surface area contributed by atoms with Gasteiger partial charge in [-0.2, -0.15) is 0 Å². The maximum Gasteiger partial charge on any atom is 0.134 e. The molecule has 0 amide bonds. The van der Waals surface area contributed by atoms with Crippen LogP contribution >= 0.6 is 39.1 Å². The summed E-state index contributed by atoms with van der Waals surface area (Å²) in [6.07, 6.45) is 0. The van der Waals surface area contributed by atoms with Crippen molar-refractivity contribution in [1.29, 1.82) is 0 Å². The molecule has 0 aliphatic heterocycles. The average Bonchev–Trinajstić information content (AvgIpc) is 2.39. The van der Waals surface area contributed by atoms with Crippen molar-refractivity contribution in [3.8, 4) is 5.75 Å². The zero-order valence-electron chi connectivity index (χ0n) is 10.4. The van der Waals surface area contributed by atoms with Crippen LogP contribution in [-0.4, -0.2) is 0 Å². The summed E-state index contributed by atoms with van der Waals surface area (Å²) in [5.74, 6) is 1.27. The Kier molecular flexibility index (Phi) is 5.14. The molecule has 0 radical (unpaired) electrons. The Bertz CT molecular complexity index is 584. The SMILES string of the molecule is Cc1ccc(COc2ccc(CCl)cc2Br)c(Cl)c1. The standard InChI is InChI=1S/C15H13BrCl2O/c1-10-2-4-12(14(18)6-10)9-19-15-5-3-11(8-17)7-13(15)16/h2-7H,8-9H2,1H3. The number of hydrogen-bond acceptors (Lipinski definition) is 1. The second-order valence-corrected chi connectivity index (χ2v) is 5.81. The van der Waals surface area contributed by atoms with Gasteiger partial charge >= 0.3 is 0 Å². The molecule has 2 aromatic rings. The lowest BCUT2D eigenvalue weighted by atomic mass is 10.1. The van der Waals surface area contributed by atoms with Crippen LogP contribution in [0.15, 0.2) is 40.9 Å². The van der Waals surface area contributed by atoms with Gasteiger partial charge < -0.3 is 4.74 Å². The molecule has 0 aliphatic rings. The quantitative estimate of drug-likeness (QED) is 0.633. The summed E-state index contributed by atoms with van der Waals surface area (Å²) in [6, 6.07) is 11.8. The molecule has 2 rings (SSSR count). The summed E-state index contributed by atoms with van der Waals surface area (Å²) in [6.45, 7) is 2.45. The minimum absolute atomic E-state index is 0.442. The van der Waals surface area contributed by atoms with Gasteiger partial charge in [0.05, 0.1) is 4.47 Å². The van der Waals surface area contributed by atoms with Gasteiger partial charge in [0.1, 0.15) is 12.4 Å². The van der Waals surface area contributed by atoms with Gasteiger partial charge in [0.25, 0.3) is 0 Å². The number of rotatable bonds is 4. The van der Waals surface area contributed by atoms with Gasteiger partial charge in [0.2, 0.25) is 0 Å². The van der Waals surface area contributed by atoms with Gasteiger partial charge in [-0.05, 0) is 52.2 Å². The van der Waals surface area contributed by atoms with E-state index in [1.54, 1.807) is 0 Å². The first-order chi connectivity index (χ1) is 9.10. The summed E-state index contributed by atoms with van der Waals surface area (Å²) < 4.78 is 6.67. The molecular weight excluding hydrogens is 347 g/mol. The van der Waals surface area contributed by atoms with E-state index in [0.717, 1.165) is 31.9 Å². The van der Waals surface area contributed by atoms with Crippen molar-refractivity contribution in [2.75, 3.05) is 0 Å². The normalized spacial score (nSPS) is 10.5. The van der Waals surface area contributed by atoms with Crippen LogP contribution in [0.3, 0.4) is 0 Å². The summed E-state index contributed by atoms with van der Waals surface area (Å²) in [7, 11) is 0. The molecule has 2 aromatic carbocycles. The first-order valence-corrected chi connectivity index (χ1v) is 7.53. The zero-order chi connectivity index (χ0) is 13.8. The summed E-state index contributed by atoms with van der Waals surface area (Å²) in [5, 5.41) is 0.730. The Balaban J connectivity index is 2.10. The maximum absolute atomic E-state index is 6.17. The fourth-order valence-electron chi connectivity index (χ4n) is 1.67. The van der Waals surface area contributed by atoms with Crippen molar-refractivity contribution in [1.82, 2.24) is 0 Å². The van der Waals surface area contributed by atoms with Crippen LogP contribution in [0.5, 0.6) is 5.75 Å². The van der Waals surface area contributed by atoms with Gasteiger partial charge in [0.15, 0.2) is 0 Å². The molecule has 0 saturated heterocycles. The molecule has 0 saturated carbocycles. The van der Waals surface area contributed by atoms with Crippen molar-refractivity contribution < 1.29 is 4.74 Å². The number of hydrogen-bond donors (Lipinski definition) is 0. The molecule has 0 bridgehead atoms. The molecule has 0 spiro atoms. The van der Waals surface area contributed by atoms with Crippen LogP contribution in [0, 0.1) is 6.92 Å². The van der Waals surface area contributed by atoms with E-state index in [-0.39, 0.29) is 0 Å². The molecule has 0 unspecified atom stereocenters. The van der Waals surface area contributed by atoms with E-state index in [9.17, 15) is 0 Å². The fourth-order valence-corrected chi connectivity index (χ4v) is 2.67. The molecule has 0 N–H and O–H groups in total. The van der Waals surface area contributed by atoms with Crippen LogP contribution < -0.4 is 4.74 Å². The third-order valence-electron chi connectivity index (χ3n) is 2.74. The van der Waals surface area contributed by atoms with E-state index in [2.05, 4.69) is 15.9 Å². The lowest BCUT2D eigenvalue weighted by Crippen LogP contribution is -1.97. The molecule has 19 heavy (non-hydrogen) atoms. The average molecular weight is 360 g/mol. The molecular formula is C15H13BrCl2O. The molecule has 100 valence electrons. The number of aryl methyl sites for hydroxylation is 1. The van der Waals surface area contributed by atoms with Gasteiger partial charge in [-0.3, -0.25) is 0 Å². The fraction of sp³-hybridized carbons (Fsp3) is 0.200. The van der Waals surface area contributed by atoms with Crippen LogP contribution in [0.25, 0.3) is 0 Å². The molecule has 0 heterocycles. The third kappa shape index (κ3) is 3.88. The zero-order valence-corrected chi connectivity index (χ0v) is 13.5. The molecule has 0 fully saturated rings. The minimum atomic E-state index is 0.442. The van der Waals surface area contributed by atoms with Crippen LogP contribution in [0.4, 0.5) is 0 Å². The molecule has 0 aromatic heterocycles. The van der Waals surface area contributed by atoms with Crippen LogP contribution in [0.2, 0.25) is 5.02 Å². The van der Waals surface area contributed by atoms with Gasteiger partial charge in [-0.1, -0.05) is 29.8 Å². The second kappa shape index (κ2) is 6.65. The molecule has 1 nitrogen and oxygen atoms in total. The van der Waals surface area contributed by atoms with E-state index in [1.165, 1.54) is 0 Å². The van der Waals surface area contributed by atoms with Gasteiger partial charge in [-0.15, -0.1) is 11.6 Å². The van der Waals surface area contributed by atoms with Crippen LogP contribution in [-0.2, 0) is 12.5 Å². The summed E-state index contributed by atoms with van der Waals surface area (Å²) in [4.78, 5) is 0. The Hall–Kier alpha value is -0.700. The largest absolute Gasteiger partial charge is 0.488 e. The van der Waals surface area contributed by atoms with Crippen LogP contribution in [0.1, 0.15) is 16.7 Å². The van der Waals surface area contributed by atoms with E-state index in [0.29, 0.717) is 12.5 Å². The van der Waals surface area contributed by atoms with Crippen molar-refractivity contribution >= 4 is 39.1 Å². The van der Waals surface area contributed by atoms with E-state index < -0.39 is 0 Å². The number of alkyl halides is 1. The van der Waals surface area contributed by atoms with E-state index >= 15 is 0 Å². The Morgan fingerprint density at radius 2 is 1.95 bits per heavy atom. The van der Waals surface area contributed by atoms with Gasteiger partial charge in [-0.25, -0.2) is 0 Å². The predicted octanol–water partition coefficient (Wildman–Crippen LogP) is 5.73. The number of ether oxygens (including phenoxy) is 1. The Morgan fingerprint density at radius 1 is 1.16 bits per heavy atom. The highest BCUT2D eigenvalue weighted by atomic mass is 79.9. The Morgan fingerprint density at radius 3 is 2.58 bits per heavy atom. The molecule has 0 atom stereocenters. The minimum Gasteiger partial charge on any atom is -0.488 e. The van der Waals surface area contributed by atoms with E-state index in [1.807, 2.05) is 43.3 Å². The highest BCUT2D eigenvalue weighted by molar-refractivity contribution is 9.10. The lowest BCUT2D eigenvalue weighted by Gasteiger charge is -2.10. The van der Waals surface area contributed by atoms with Crippen molar-refractivity contribution in [2.45, 2.75) is 19.4 Å². The second-order valence-electron chi connectivity index (χ2n) is 4.28. The first kappa shape index (κ1) is 14.7. The molecule has 0 aliphatic carbocycles.